The molecule has 0 aliphatic heterocycles. The van der Waals surface area contributed by atoms with Crippen LogP contribution in [0.3, 0.4) is 0 Å². The van der Waals surface area contributed by atoms with Gasteiger partial charge >= 0.3 is 0 Å². The molecule has 6 heteroatoms. The van der Waals surface area contributed by atoms with Gasteiger partial charge in [0.1, 0.15) is 6.10 Å². The Morgan fingerprint density at radius 2 is 2.00 bits per heavy atom. The summed E-state index contributed by atoms with van der Waals surface area (Å²) < 4.78 is 5.19. The first kappa shape index (κ1) is 15.9. The van der Waals surface area contributed by atoms with E-state index in [4.69, 9.17) is 4.52 Å². The Morgan fingerprint density at radius 3 is 2.67 bits per heavy atom. The van der Waals surface area contributed by atoms with E-state index in [1.165, 1.54) is 26.2 Å². The van der Waals surface area contributed by atoms with Crippen LogP contribution in [0.25, 0.3) is 0 Å². The minimum Gasteiger partial charge on any atom is -0.383 e. The van der Waals surface area contributed by atoms with E-state index in [1.807, 2.05) is 0 Å². The summed E-state index contributed by atoms with van der Waals surface area (Å²) in [6.07, 6.45) is 8.00. The van der Waals surface area contributed by atoms with E-state index in [0.29, 0.717) is 24.7 Å². The SMILES string of the molecule is CC(=O)NCCc1noc(C(O)C2CCCCCCC2)n1. The molecular weight excluding hydrogens is 270 g/mol. The summed E-state index contributed by atoms with van der Waals surface area (Å²) in [5.74, 6) is 0.990. The molecule has 1 heterocycles. The summed E-state index contributed by atoms with van der Waals surface area (Å²) in [6.45, 7) is 1.95. The third kappa shape index (κ3) is 5.12. The van der Waals surface area contributed by atoms with Gasteiger partial charge in [-0.05, 0) is 18.8 Å². The zero-order chi connectivity index (χ0) is 15.1. The summed E-state index contributed by atoms with van der Waals surface area (Å²) in [5.41, 5.74) is 0. The number of hydrogen-bond donors (Lipinski definition) is 2. The largest absolute Gasteiger partial charge is 0.383 e. The number of aromatic nitrogens is 2. The standard InChI is InChI=1S/C15H25N3O3/c1-11(19)16-10-9-13-17-15(21-18-13)14(20)12-7-5-3-2-4-6-8-12/h12,14,20H,2-10H2,1H3,(H,16,19). The highest BCUT2D eigenvalue weighted by molar-refractivity contribution is 5.72. The van der Waals surface area contributed by atoms with Gasteiger partial charge in [0.2, 0.25) is 5.91 Å². The maximum Gasteiger partial charge on any atom is 0.255 e. The number of nitrogens with one attached hydrogen (secondary N) is 1. The Bertz CT molecular complexity index is 439. The van der Waals surface area contributed by atoms with Crippen molar-refractivity contribution >= 4 is 5.91 Å². The molecule has 1 saturated carbocycles. The first-order valence-corrected chi connectivity index (χ1v) is 7.92. The van der Waals surface area contributed by atoms with Crippen molar-refractivity contribution in [2.45, 2.75) is 64.4 Å². The van der Waals surface area contributed by atoms with Gasteiger partial charge < -0.3 is 14.9 Å². The van der Waals surface area contributed by atoms with Gasteiger partial charge in [0.05, 0.1) is 0 Å². The van der Waals surface area contributed by atoms with Crippen LogP contribution in [-0.4, -0.2) is 27.7 Å². The number of nitrogens with zero attached hydrogens (tertiary/aromatic N) is 2. The maximum atomic E-state index is 10.8. The Hall–Kier alpha value is -1.43. The molecule has 1 amide bonds. The second-order valence-corrected chi connectivity index (χ2v) is 5.83. The molecule has 21 heavy (non-hydrogen) atoms. The van der Waals surface area contributed by atoms with Crippen LogP contribution in [0, 0.1) is 5.92 Å². The smallest absolute Gasteiger partial charge is 0.255 e. The normalized spacial score (nSPS) is 18.8. The van der Waals surface area contributed by atoms with Crippen molar-refractivity contribution in [1.82, 2.24) is 15.5 Å². The van der Waals surface area contributed by atoms with Crippen LogP contribution in [0.15, 0.2) is 4.52 Å². The predicted molar refractivity (Wildman–Crippen MR) is 77.5 cm³/mol. The topological polar surface area (TPSA) is 88.2 Å². The zero-order valence-corrected chi connectivity index (χ0v) is 12.7. The maximum absolute atomic E-state index is 10.8. The summed E-state index contributed by atoms with van der Waals surface area (Å²) in [5, 5.41) is 17.0. The third-order valence-corrected chi connectivity index (χ3v) is 4.06. The lowest BCUT2D eigenvalue weighted by Crippen LogP contribution is -2.22. The fourth-order valence-electron chi connectivity index (χ4n) is 2.84. The quantitative estimate of drug-likeness (QED) is 0.869. The van der Waals surface area contributed by atoms with Gasteiger partial charge in [-0.1, -0.05) is 37.3 Å². The summed E-state index contributed by atoms with van der Waals surface area (Å²) in [4.78, 5) is 15.1. The molecule has 1 aromatic heterocycles. The van der Waals surface area contributed by atoms with Gasteiger partial charge in [0.25, 0.3) is 5.89 Å². The van der Waals surface area contributed by atoms with Crippen molar-refractivity contribution in [3.05, 3.63) is 11.7 Å². The van der Waals surface area contributed by atoms with Crippen LogP contribution in [0.5, 0.6) is 0 Å². The van der Waals surface area contributed by atoms with Crippen LogP contribution in [0.4, 0.5) is 0 Å². The highest BCUT2D eigenvalue weighted by Crippen LogP contribution is 2.32. The molecule has 2 N–H and O–H groups in total. The molecule has 6 nitrogen and oxygen atoms in total. The lowest BCUT2D eigenvalue weighted by Gasteiger charge is -2.22. The average molecular weight is 295 g/mol. The van der Waals surface area contributed by atoms with Gasteiger partial charge in [-0.3, -0.25) is 4.79 Å². The van der Waals surface area contributed by atoms with E-state index in [9.17, 15) is 9.90 Å². The van der Waals surface area contributed by atoms with E-state index in [2.05, 4.69) is 15.5 Å². The van der Waals surface area contributed by atoms with Gasteiger partial charge in [-0.25, -0.2) is 0 Å². The van der Waals surface area contributed by atoms with Crippen LogP contribution in [0.1, 0.15) is 69.7 Å². The van der Waals surface area contributed by atoms with Crippen molar-refractivity contribution in [3.63, 3.8) is 0 Å². The lowest BCUT2D eigenvalue weighted by molar-refractivity contribution is -0.118. The summed E-state index contributed by atoms with van der Waals surface area (Å²) >= 11 is 0. The Labute approximate surface area is 125 Å². The molecule has 0 radical (unpaired) electrons. The Balaban J connectivity index is 1.87. The van der Waals surface area contributed by atoms with Crippen molar-refractivity contribution < 1.29 is 14.4 Å². The molecule has 1 fully saturated rings. The third-order valence-electron chi connectivity index (χ3n) is 4.06. The molecule has 1 aliphatic carbocycles. The molecule has 1 unspecified atom stereocenters. The Morgan fingerprint density at radius 1 is 1.33 bits per heavy atom. The molecule has 1 atom stereocenters. The Kier molecular flexibility index (Phi) is 6.17. The van der Waals surface area contributed by atoms with E-state index in [1.54, 1.807) is 0 Å². The van der Waals surface area contributed by atoms with E-state index < -0.39 is 6.10 Å². The highest BCUT2D eigenvalue weighted by atomic mass is 16.5. The minimum atomic E-state index is -0.662. The highest BCUT2D eigenvalue weighted by Gasteiger charge is 2.26. The first-order valence-electron chi connectivity index (χ1n) is 7.92. The lowest BCUT2D eigenvalue weighted by atomic mass is 9.87. The molecule has 1 aliphatic rings. The molecule has 0 spiro atoms. The fourth-order valence-corrected chi connectivity index (χ4v) is 2.84. The van der Waals surface area contributed by atoms with Crippen molar-refractivity contribution in [1.29, 1.82) is 0 Å². The van der Waals surface area contributed by atoms with E-state index in [0.717, 1.165) is 25.7 Å². The van der Waals surface area contributed by atoms with Crippen LogP contribution < -0.4 is 5.32 Å². The van der Waals surface area contributed by atoms with Gasteiger partial charge in [0.15, 0.2) is 5.82 Å². The molecular formula is C15H25N3O3. The monoisotopic (exact) mass is 295 g/mol. The fraction of sp³-hybridized carbons (Fsp3) is 0.800. The van der Waals surface area contributed by atoms with E-state index >= 15 is 0 Å². The summed E-state index contributed by atoms with van der Waals surface area (Å²) in [6, 6.07) is 0. The predicted octanol–water partition coefficient (Wildman–Crippen LogP) is 2.14. The van der Waals surface area contributed by atoms with Gasteiger partial charge in [-0.15, -0.1) is 0 Å². The van der Waals surface area contributed by atoms with Gasteiger partial charge in [-0.2, -0.15) is 4.98 Å². The zero-order valence-electron chi connectivity index (χ0n) is 12.7. The molecule has 0 saturated heterocycles. The van der Waals surface area contributed by atoms with Crippen molar-refractivity contribution in [3.8, 4) is 0 Å². The molecule has 1 aromatic rings. The minimum absolute atomic E-state index is 0.0757. The van der Waals surface area contributed by atoms with Crippen molar-refractivity contribution in [2.75, 3.05) is 6.54 Å². The van der Waals surface area contributed by atoms with E-state index in [-0.39, 0.29) is 11.8 Å². The number of amides is 1. The number of aliphatic hydroxyl groups is 1. The number of aliphatic hydroxyl groups excluding tert-OH is 1. The van der Waals surface area contributed by atoms with Crippen LogP contribution in [0.2, 0.25) is 0 Å². The van der Waals surface area contributed by atoms with Crippen molar-refractivity contribution in [2.24, 2.45) is 5.92 Å². The summed E-state index contributed by atoms with van der Waals surface area (Å²) in [7, 11) is 0. The molecule has 0 bridgehead atoms. The van der Waals surface area contributed by atoms with Gasteiger partial charge in [0, 0.05) is 19.9 Å². The van der Waals surface area contributed by atoms with Crippen LogP contribution in [-0.2, 0) is 11.2 Å². The molecule has 2 rings (SSSR count). The number of rotatable bonds is 5. The second-order valence-electron chi connectivity index (χ2n) is 5.83. The first-order chi connectivity index (χ1) is 10.2. The number of carbonyl (C=O) groups excluding carboxylic acids is 1. The van der Waals surface area contributed by atoms with Crippen LogP contribution >= 0.6 is 0 Å². The number of carbonyl (C=O) groups is 1. The number of hydrogen-bond acceptors (Lipinski definition) is 5. The molecule has 118 valence electrons. The average Bonchev–Trinajstić information content (AvgIpc) is 2.86. The second kappa shape index (κ2) is 8.12. The molecule has 0 aromatic carbocycles.